The highest BCUT2D eigenvalue weighted by atomic mass is 32.1. The van der Waals surface area contributed by atoms with Crippen LogP contribution in [0.1, 0.15) is 71.3 Å². The summed E-state index contributed by atoms with van der Waals surface area (Å²) in [7, 11) is 0. The standard InChI is InChI=1S/C21H34O3S/c1-4-5-14-21(25,16-18-10-12-19(22)13-11-18)20(23)24-15-8-6-7-9-17(2)3/h10-13,17,22,25H,4-9,14-16H2,1-3H3. The van der Waals surface area contributed by atoms with E-state index in [4.69, 9.17) is 17.4 Å². The van der Waals surface area contributed by atoms with Gasteiger partial charge in [-0.2, -0.15) is 12.6 Å². The Hall–Kier alpha value is -1.16. The molecule has 1 aromatic carbocycles. The van der Waals surface area contributed by atoms with Crippen LogP contribution in [0.3, 0.4) is 0 Å². The zero-order valence-corrected chi connectivity index (χ0v) is 16.9. The summed E-state index contributed by atoms with van der Waals surface area (Å²) in [5.41, 5.74) is 0.984. The Morgan fingerprint density at radius 2 is 1.84 bits per heavy atom. The minimum atomic E-state index is -0.801. The normalized spacial score (nSPS) is 13.6. The van der Waals surface area contributed by atoms with Crippen molar-refractivity contribution < 1.29 is 14.6 Å². The van der Waals surface area contributed by atoms with Crippen LogP contribution in [0.2, 0.25) is 0 Å². The van der Waals surface area contributed by atoms with Crippen molar-refractivity contribution in [3.05, 3.63) is 29.8 Å². The monoisotopic (exact) mass is 366 g/mol. The molecule has 0 saturated carbocycles. The van der Waals surface area contributed by atoms with Gasteiger partial charge in [-0.15, -0.1) is 0 Å². The maximum Gasteiger partial charge on any atom is 0.322 e. The lowest BCUT2D eigenvalue weighted by Crippen LogP contribution is -2.37. The molecule has 0 bridgehead atoms. The molecule has 1 rings (SSSR count). The van der Waals surface area contributed by atoms with Gasteiger partial charge >= 0.3 is 5.97 Å². The first-order valence-electron chi connectivity index (χ1n) is 9.55. The number of thiol groups is 1. The van der Waals surface area contributed by atoms with E-state index < -0.39 is 4.75 Å². The number of hydrogen-bond donors (Lipinski definition) is 2. The fourth-order valence-electron chi connectivity index (χ4n) is 2.81. The topological polar surface area (TPSA) is 46.5 Å². The zero-order chi connectivity index (χ0) is 18.7. The molecule has 1 unspecified atom stereocenters. The molecule has 0 saturated heterocycles. The Morgan fingerprint density at radius 3 is 2.44 bits per heavy atom. The van der Waals surface area contributed by atoms with Gasteiger partial charge in [-0.05, 0) is 42.9 Å². The van der Waals surface area contributed by atoms with Crippen LogP contribution < -0.4 is 0 Å². The minimum absolute atomic E-state index is 0.221. The largest absolute Gasteiger partial charge is 0.508 e. The highest BCUT2D eigenvalue weighted by molar-refractivity contribution is 7.82. The first-order valence-corrected chi connectivity index (χ1v) is 9.99. The second kappa shape index (κ2) is 11.5. The molecule has 0 amide bonds. The van der Waals surface area contributed by atoms with Crippen LogP contribution in [-0.2, 0) is 16.0 Å². The molecule has 0 aliphatic heterocycles. The van der Waals surface area contributed by atoms with Crippen LogP contribution in [0.5, 0.6) is 5.75 Å². The predicted octanol–water partition coefficient (Wildman–Crippen LogP) is 5.55. The third-order valence-electron chi connectivity index (χ3n) is 4.42. The fraction of sp³-hybridized carbons (Fsp3) is 0.667. The van der Waals surface area contributed by atoms with Gasteiger partial charge in [-0.3, -0.25) is 4.79 Å². The summed E-state index contributed by atoms with van der Waals surface area (Å²) in [6.45, 7) is 7.04. The van der Waals surface area contributed by atoms with Gasteiger partial charge in [0.15, 0.2) is 0 Å². The van der Waals surface area contributed by atoms with Crippen molar-refractivity contribution in [3.63, 3.8) is 0 Å². The maximum absolute atomic E-state index is 12.6. The average molecular weight is 367 g/mol. The van der Waals surface area contributed by atoms with E-state index in [1.54, 1.807) is 12.1 Å². The number of aromatic hydroxyl groups is 1. The molecular formula is C21H34O3S. The first kappa shape index (κ1) is 21.9. The van der Waals surface area contributed by atoms with E-state index in [-0.39, 0.29) is 11.7 Å². The van der Waals surface area contributed by atoms with Gasteiger partial charge in [-0.25, -0.2) is 0 Å². The summed E-state index contributed by atoms with van der Waals surface area (Å²) in [6, 6.07) is 6.96. The average Bonchev–Trinajstić information content (AvgIpc) is 2.57. The molecule has 1 atom stereocenters. The lowest BCUT2D eigenvalue weighted by molar-refractivity contribution is -0.147. The van der Waals surface area contributed by atoms with Gasteiger partial charge in [0.05, 0.1) is 6.61 Å². The summed E-state index contributed by atoms with van der Waals surface area (Å²) >= 11 is 4.72. The third kappa shape index (κ3) is 8.66. The molecule has 0 spiro atoms. The molecule has 1 N–H and O–H groups in total. The van der Waals surface area contributed by atoms with Gasteiger partial charge in [-0.1, -0.05) is 65.0 Å². The van der Waals surface area contributed by atoms with Crippen molar-refractivity contribution in [1.82, 2.24) is 0 Å². The van der Waals surface area contributed by atoms with Crippen molar-refractivity contribution in [2.24, 2.45) is 5.92 Å². The number of phenols is 1. The van der Waals surface area contributed by atoms with Crippen LogP contribution in [0, 0.1) is 5.92 Å². The van der Waals surface area contributed by atoms with E-state index >= 15 is 0 Å². The van der Waals surface area contributed by atoms with Gasteiger partial charge in [0.1, 0.15) is 10.5 Å². The van der Waals surface area contributed by atoms with E-state index in [1.807, 2.05) is 12.1 Å². The number of esters is 1. The van der Waals surface area contributed by atoms with Crippen LogP contribution >= 0.6 is 12.6 Å². The van der Waals surface area contributed by atoms with Crippen molar-refractivity contribution in [2.45, 2.75) is 76.9 Å². The van der Waals surface area contributed by atoms with E-state index in [0.717, 1.165) is 37.2 Å². The summed E-state index contributed by atoms with van der Waals surface area (Å²) in [5, 5.41) is 9.42. The van der Waals surface area contributed by atoms with Gasteiger partial charge in [0.25, 0.3) is 0 Å². The van der Waals surface area contributed by atoms with Gasteiger partial charge in [0.2, 0.25) is 0 Å². The number of benzene rings is 1. The molecule has 0 aliphatic carbocycles. The highest BCUT2D eigenvalue weighted by Gasteiger charge is 2.35. The van der Waals surface area contributed by atoms with E-state index in [1.165, 1.54) is 12.8 Å². The molecule has 0 heterocycles. The Labute approximate surface area is 158 Å². The summed E-state index contributed by atoms with van der Waals surface area (Å²) < 4.78 is 4.74. The van der Waals surface area contributed by atoms with Crippen molar-refractivity contribution in [2.75, 3.05) is 6.61 Å². The van der Waals surface area contributed by atoms with Crippen LogP contribution in [0.4, 0.5) is 0 Å². The second-order valence-electron chi connectivity index (χ2n) is 7.36. The number of carbonyl (C=O) groups excluding carboxylic acids is 1. The van der Waals surface area contributed by atoms with E-state index in [0.29, 0.717) is 19.4 Å². The fourth-order valence-corrected chi connectivity index (χ4v) is 3.22. The molecule has 0 aliphatic rings. The smallest absolute Gasteiger partial charge is 0.322 e. The second-order valence-corrected chi connectivity index (χ2v) is 8.21. The predicted molar refractivity (Wildman–Crippen MR) is 107 cm³/mol. The van der Waals surface area contributed by atoms with Crippen LogP contribution in [-0.4, -0.2) is 22.4 Å². The molecule has 3 nitrogen and oxygen atoms in total. The Bertz CT molecular complexity index is 498. The first-order chi connectivity index (χ1) is 11.9. The van der Waals surface area contributed by atoms with Gasteiger partial charge < -0.3 is 9.84 Å². The van der Waals surface area contributed by atoms with Crippen molar-refractivity contribution in [3.8, 4) is 5.75 Å². The molecule has 0 fully saturated rings. The van der Waals surface area contributed by atoms with Crippen molar-refractivity contribution in [1.29, 1.82) is 0 Å². The number of hydrogen-bond acceptors (Lipinski definition) is 4. The maximum atomic E-state index is 12.6. The lowest BCUT2D eigenvalue weighted by Gasteiger charge is -2.26. The summed E-state index contributed by atoms with van der Waals surface area (Å²) in [5.74, 6) is 0.735. The number of ether oxygens (including phenoxy) is 1. The van der Waals surface area contributed by atoms with Gasteiger partial charge in [0, 0.05) is 0 Å². The summed E-state index contributed by atoms with van der Waals surface area (Å²) in [4.78, 5) is 12.6. The number of rotatable bonds is 12. The Balaban J connectivity index is 2.54. The Kier molecular flexibility index (Phi) is 10.0. The molecule has 4 heteroatoms. The molecule has 142 valence electrons. The molecular weight excluding hydrogens is 332 g/mol. The zero-order valence-electron chi connectivity index (χ0n) is 16.0. The third-order valence-corrected chi connectivity index (χ3v) is 4.98. The minimum Gasteiger partial charge on any atom is -0.508 e. The molecule has 0 radical (unpaired) electrons. The number of unbranched alkanes of at least 4 members (excludes halogenated alkanes) is 3. The summed E-state index contributed by atoms with van der Waals surface area (Å²) in [6.07, 6.45) is 7.58. The lowest BCUT2D eigenvalue weighted by atomic mass is 9.93. The van der Waals surface area contributed by atoms with Crippen molar-refractivity contribution >= 4 is 18.6 Å². The van der Waals surface area contributed by atoms with Crippen LogP contribution in [0.15, 0.2) is 24.3 Å². The highest BCUT2D eigenvalue weighted by Crippen LogP contribution is 2.29. The molecule has 1 aromatic rings. The Morgan fingerprint density at radius 1 is 1.16 bits per heavy atom. The van der Waals surface area contributed by atoms with Crippen LogP contribution in [0.25, 0.3) is 0 Å². The van der Waals surface area contributed by atoms with E-state index in [9.17, 15) is 9.90 Å². The number of carbonyl (C=O) groups is 1. The quantitative estimate of drug-likeness (QED) is 0.289. The number of phenolic OH excluding ortho intramolecular Hbond substituents is 1. The molecule has 25 heavy (non-hydrogen) atoms. The molecule has 0 aromatic heterocycles. The SMILES string of the molecule is CCCCC(S)(Cc1ccc(O)cc1)C(=O)OCCCCCC(C)C. The van der Waals surface area contributed by atoms with E-state index in [2.05, 4.69) is 20.8 Å².